The second-order valence-electron chi connectivity index (χ2n) is 8.56. The van der Waals surface area contributed by atoms with Crippen molar-refractivity contribution in [3.63, 3.8) is 0 Å². The highest BCUT2D eigenvalue weighted by atomic mass is 35.5. The van der Waals surface area contributed by atoms with E-state index >= 15 is 0 Å². The van der Waals surface area contributed by atoms with Crippen molar-refractivity contribution in [2.45, 2.75) is 19.9 Å². The summed E-state index contributed by atoms with van der Waals surface area (Å²) in [5, 5.41) is 0.763. The monoisotopic (exact) mass is 491 g/mol. The molecule has 0 fully saturated rings. The molecule has 2 aliphatic rings. The zero-order valence-electron chi connectivity index (χ0n) is 19.9. The molecule has 5 rings (SSSR count). The molecule has 0 aliphatic carbocycles. The van der Waals surface area contributed by atoms with E-state index in [1.54, 1.807) is 20.3 Å². The Bertz CT molecular complexity index is 1330. The van der Waals surface area contributed by atoms with Crippen molar-refractivity contribution >= 4 is 23.5 Å². The number of aryl methyl sites for hydroxylation is 1. The number of rotatable bonds is 6. The Kier molecular flexibility index (Phi) is 6.41. The van der Waals surface area contributed by atoms with Gasteiger partial charge in [0.15, 0.2) is 17.3 Å². The van der Waals surface area contributed by atoms with Gasteiger partial charge in [-0.05, 0) is 48.7 Å². The van der Waals surface area contributed by atoms with E-state index in [1.807, 2.05) is 55.5 Å². The van der Waals surface area contributed by atoms with Gasteiger partial charge in [0.2, 0.25) is 5.78 Å². The molecule has 7 heteroatoms. The standard InChI is InChI=1S/C28H26ClNO5/c1-17-13-23-20(15-30(16-34-23)12-11-18-7-4-5-9-21(18)29)28-25(17)26(31)24(35-28)14-19-8-6-10-22(32-2)27(19)33-3/h4-10,13-14H,11-12,15-16H2,1-3H3/b24-14-. The lowest BCUT2D eigenvalue weighted by atomic mass is 9.98. The molecular formula is C28H26ClNO5. The summed E-state index contributed by atoms with van der Waals surface area (Å²) in [6.07, 6.45) is 2.50. The third-order valence-corrected chi connectivity index (χ3v) is 6.73. The lowest BCUT2D eigenvalue weighted by molar-refractivity contribution is 0.0949. The van der Waals surface area contributed by atoms with Gasteiger partial charge in [0, 0.05) is 23.7 Å². The topological polar surface area (TPSA) is 57.2 Å². The Balaban J connectivity index is 1.43. The largest absolute Gasteiger partial charge is 0.493 e. The molecule has 2 aliphatic heterocycles. The van der Waals surface area contributed by atoms with E-state index in [2.05, 4.69) is 4.90 Å². The molecule has 0 saturated heterocycles. The number of benzene rings is 3. The van der Waals surface area contributed by atoms with Crippen LogP contribution < -0.4 is 18.9 Å². The van der Waals surface area contributed by atoms with Crippen LogP contribution in [0.1, 0.15) is 32.6 Å². The smallest absolute Gasteiger partial charge is 0.232 e. The number of fused-ring (bicyclic) bond motifs is 3. The van der Waals surface area contributed by atoms with Crippen LogP contribution in [0.5, 0.6) is 23.0 Å². The van der Waals surface area contributed by atoms with Crippen molar-refractivity contribution in [1.29, 1.82) is 0 Å². The van der Waals surface area contributed by atoms with Gasteiger partial charge in [-0.25, -0.2) is 0 Å². The van der Waals surface area contributed by atoms with Gasteiger partial charge < -0.3 is 18.9 Å². The van der Waals surface area contributed by atoms with Crippen molar-refractivity contribution in [1.82, 2.24) is 4.90 Å². The van der Waals surface area contributed by atoms with Crippen LogP contribution in [0.4, 0.5) is 0 Å². The fraction of sp³-hybridized carbons (Fsp3) is 0.250. The fourth-order valence-corrected chi connectivity index (χ4v) is 4.80. The maximum absolute atomic E-state index is 13.4. The maximum Gasteiger partial charge on any atom is 0.232 e. The Morgan fingerprint density at radius 1 is 1.11 bits per heavy atom. The minimum Gasteiger partial charge on any atom is -0.493 e. The lowest BCUT2D eigenvalue weighted by Gasteiger charge is -2.30. The van der Waals surface area contributed by atoms with E-state index in [9.17, 15) is 4.79 Å². The molecule has 0 atom stereocenters. The Labute approximate surface area is 209 Å². The van der Waals surface area contributed by atoms with Crippen molar-refractivity contribution in [3.8, 4) is 23.0 Å². The number of halogens is 1. The summed E-state index contributed by atoms with van der Waals surface area (Å²) in [6, 6.07) is 15.3. The zero-order chi connectivity index (χ0) is 24.5. The molecule has 180 valence electrons. The molecule has 3 aromatic carbocycles. The zero-order valence-corrected chi connectivity index (χ0v) is 20.6. The first-order valence-electron chi connectivity index (χ1n) is 11.4. The first-order chi connectivity index (χ1) is 17.0. The van der Waals surface area contributed by atoms with Crippen LogP contribution in [0.15, 0.2) is 54.3 Å². The second-order valence-corrected chi connectivity index (χ2v) is 8.97. The average molecular weight is 492 g/mol. The number of para-hydroxylation sites is 1. The number of hydrogen-bond acceptors (Lipinski definition) is 6. The number of hydrogen-bond donors (Lipinski definition) is 0. The van der Waals surface area contributed by atoms with E-state index in [0.29, 0.717) is 41.7 Å². The van der Waals surface area contributed by atoms with Crippen LogP contribution in [0.3, 0.4) is 0 Å². The third-order valence-electron chi connectivity index (χ3n) is 6.36. The van der Waals surface area contributed by atoms with Gasteiger partial charge in [-0.2, -0.15) is 0 Å². The van der Waals surface area contributed by atoms with Gasteiger partial charge in [-0.15, -0.1) is 0 Å². The molecule has 0 unspecified atom stereocenters. The predicted octanol–water partition coefficient (Wildman–Crippen LogP) is 5.68. The second kappa shape index (κ2) is 9.64. The van der Waals surface area contributed by atoms with Gasteiger partial charge in [-0.1, -0.05) is 41.9 Å². The molecule has 2 heterocycles. The molecule has 0 amide bonds. The number of ketones is 1. The molecular weight excluding hydrogens is 466 g/mol. The SMILES string of the molecule is COc1cccc(/C=C2\Oc3c4c(cc(C)c3C2=O)OCN(CCc2ccccc2Cl)C4)c1OC. The number of ether oxygens (including phenoxy) is 4. The summed E-state index contributed by atoms with van der Waals surface area (Å²) in [5.74, 6) is 2.54. The number of carbonyl (C=O) groups excluding carboxylic acids is 1. The highest BCUT2D eigenvalue weighted by Crippen LogP contribution is 2.44. The van der Waals surface area contributed by atoms with Crippen molar-refractivity contribution < 1.29 is 23.7 Å². The number of methoxy groups -OCH3 is 2. The molecule has 0 bridgehead atoms. The highest BCUT2D eigenvalue weighted by molar-refractivity contribution is 6.31. The fourth-order valence-electron chi connectivity index (χ4n) is 4.57. The quantitative estimate of drug-likeness (QED) is 0.414. The Morgan fingerprint density at radius 3 is 2.71 bits per heavy atom. The van der Waals surface area contributed by atoms with Gasteiger partial charge in [0.05, 0.1) is 25.3 Å². The number of allylic oxidation sites excluding steroid dienone is 1. The van der Waals surface area contributed by atoms with Gasteiger partial charge in [0.25, 0.3) is 0 Å². The minimum absolute atomic E-state index is 0.154. The highest BCUT2D eigenvalue weighted by Gasteiger charge is 2.35. The first-order valence-corrected chi connectivity index (χ1v) is 11.8. The van der Waals surface area contributed by atoms with Gasteiger partial charge in [-0.3, -0.25) is 9.69 Å². The Hall–Kier alpha value is -3.48. The summed E-state index contributed by atoms with van der Waals surface area (Å²) >= 11 is 6.33. The molecule has 0 aromatic heterocycles. The third kappa shape index (κ3) is 4.35. The molecule has 0 radical (unpaired) electrons. The van der Waals surface area contributed by atoms with E-state index < -0.39 is 0 Å². The summed E-state index contributed by atoms with van der Waals surface area (Å²) in [5.41, 5.74) is 4.08. The summed E-state index contributed by atoms with van der Waals surface area (Å²) < 4.78 is 23.2. The van der Waals surface area contributed by atoms with Crippen molar-refractivity contribution in [2.75, 3.05) is 27.5 Å². The summed E-state index contributed by atoms with van der Waals surface area (Å²) in [6.45, 7) is 3.75. The van der Waals surface area contributed by atoms with Crippen molar-refractivity contribution in [2.24, 2.45) is 0 Å². The average Bonchev–Trinajstić information content (AvgIpc) is 3.20. The Morgan fingerprint density at radius 2 is 1.94 bits per heavy atom. The number of carbonyl (C=O) groups is 1. The van der Waals surface area contributed by atoms with Crippen LogP contribution in [0.2, 0.25) is 5.02 Å². The summed E-state index contributed by atoms with van der Waals surface area (Å²) in [7, 11) is 3.15. The van der Waals surface area contributed by atoms with Crippen LogP contribution in [-0.2, 0) is 13.0 Å². The molecule has 0 saturated carbocycles. The minimum atomic E-state index is -0.154. The van der Waals surface area contributed by atoms with Gasteiger partial charge >= 0.3 is 0 Å². The molecule has 0 N–H and O–H groups in total. The lowest BCUT2D eigenvalue weighted by Crippen LogP contribution is -2.34. The molecule has 35 heavy (non-hydrogen) atoms. The normalized spacial score (nSPS) is 15.9. The molecule has 6 nitrogen and oxygen atoms in total. The van der Waals surface area contributed by atoms with E-state index in [0.717, 1.165) is 40.4 Å². The van der Waals surface area contributed by atoms with E-state index in [4.69, 9.17) is 30.5 Å². The molecule has 0 spiro atoms. The van der Waals surface area contributed by atoms with Crippen LogP contribution in [-0.4, -0.2) is 38.2 Å². The van der Waals surface area contributed by atoms with E-state index in [-0.39, 0.29) is 11.5 Å². The van der Waals surface area contributed by atoms with Crippen molar-refractivity contribution in [3.05, 3.63) is 87.1 Å². The predicted molar refractivity (Wildman–Crippen MR) is 135 cm³/mol. The maximum atomic E-state index is 13.4. The van der Waals surface area contributed by atoms with E-state index in [1.165, 1.54) is 0 Å². The molecule has 3 aromatic rings. The number of Topliss-reactive ketones (excluding diaryl/α,β-unsaturated/α-hetero) is 1. The van der Waals surface area contributed by atoms with Gasteiger partial charge in [0.1, 0.15) is 18.2 Å². The van der Waals surface area contributed by atoms with Crippen LogP contribution in [0.25, 0.3) is 6.08 Å². The van der Waals surface area contributed by atoms with Crippen LogP contribution >= 0.6 is 11.6 Å². The van der Waals surface area contributed by atoms with Crippen LogP contribution in [0, 0.1) is 6.92 Å². The summed E-state index contributed by atoms with van der Waals surface area (Å²) in [4.78, 5) is 15.5. The number of nitrogens with zero attached hydrogens (tertiary/aromatic N) is 1. The first kappa shape index (κ1) is 23.3.